The lowest BCUT2D eigenvalue weighted by molar-refractivity contribution is 0.303. The molecule has 1 aromatic carbocycles. The van der Waals surface area contributed by atoms with Crippen molar-refractivity contribution in [2.24, 2.45) is 0 Å². The predicted molar refractivity (Wildman–Crippen MR) is 78.6 cm³/mol. The topological polar surface area (TPSA) is 9.23 Å². The second kappa shape index (κ2) is 5.64. The maximum absolute atomic E-state index is 5.80. The molecular weight excluding hydrogens is 288 g/mol. The molecule has 2 atom stereocenters. The van der Waals surface area contributed by atoms with E-state index in [9.17, 15) is 0 Å². The predicted octanol–water partition coefficient (Wildman–Crippen LogP) is 5.04. The normalized spacial score (nSPS) is 28.7. The molecule has 2 fully saturated rings. The van der Waals surface area contributed by atoms with Gasteiger partial charge in [-0.2, -0.15) is 0 Å². The molecule has 3 rings (SSSR count). The minimum absolute atomic E-state index is 0.501. The van der Waals surface area contributed by atoms with E-state index in [1.807, 2.05) is 0 Å². The number of rotatable bonds is 3. The van der Waals surface area contributed by atoms with Gasteiger partial charge >= 0.3 is 0 Å². The Bertz CT molecular complexity index is 383. The average molecular weight is 309 g/mol. The van der Waals surface area contributed by atoms with Crippen LogP contribution in [0.5, 0.6) is 5.75 Å². The van der Waals surface area contributed by atoms with Gasteiger partial charge in [0.15, 0.2) is 0 Å². The van der Waals surface area contributed by atoms with Gasteiger partial charge in [0.05, 0.1) is 6.10 Å². The highest BCUT2D eigenvalue weighted by molar-refractivity contribution is 9.09. The maximum Gasteiger partial charge on any atom is 0.119 e. The van der Waals surface area contributed by atoms with Gasteiger partial charge in [0.1, 0.15) is 5.75 Å². The zero-order valence-corrected chi connectivity index (χ0v) is 12.4. The third-order valence-electron chi connectivity index (χ3n) is 4.04. The molecule has 0 bridgehead atoms. The number of ether oxygens (including phenoxy) is 1. The van der Waals surface area contributed by atoms with Crippen molar-refractivity contribution in [3.05, 3.63) is 29.8 Å². The van der Waals surface area contributed by atoms with Gasteiger partial charge in [0, 0.05) is 4.83 Å². The van der Waals surface area contributed by atoms with Crippen LogP contribution in [0.1, 0.15) is 56.4 Å². The summed E-state index contributed by atoms with van der Waals surface area (Å²) in [6.07, 6.45) is 9.65. The SMILES string of the molecule is BrC1CCCCC(c2ccc(OC3CC3)cc2)C1. The highest BCUT2D eigenvalue weighted by atomic mass is 79.9. The first-order valence-corrected chi connectivity index (χ1v) is 8.13. The van der Waals surface area contributed by atoms with E-state index in [1.165, 1.54) is 50.5 Å². The fraction of sp³-hybridized carbons (Fsp3) is 0.625. The van der Waals surface area contributed by atoms with E-state index >= 15 is 0 Å². The lowest BCUT2D eigenvalue weighted by atomic mass is 9.92. The highest BCUT2D eigenvalue weighted by Crippen LogP contribution is 2.35. The largest absolute Gasteiger partial charge is 0.490 e. The summed E-state index contributed by atoms with van der Waals surface area (Å²) in [6.45, 7) is 0. The smallest absolute Gasteiger partial charge is 0.119 e. The van der Waals surface area contributed by atoms with Crippen molar-refractivity contribution in [3.63, 3.8) is 0 Å². The lowest BCUT2D eigenvalue weighted by Crippen LogP contribution is -2.04. The maximum atomic E-state index is 5.80. The summed E-state index contributed by atoms with van der Waals surface area (Å²) in [4.78, 5) is 0.701. The van der Waals surface area contributed by atoms with Gasteiger partial charge in [-0.3, -0.25) is 0 Å². The molecule has 98 valence electrons. The molecule has 2 heteroatoms. The Balaban J connectivity index is 1.66. The monoisotopic (exact) mass is 308 g/mol. The Morgan fingerprint density at radius 1 is 0.944 bits per heavy atom. The number of hydrogen-bond acceptors (Lipinski definition) is 1. The first-order chi connectivity index (χ1) is 8.81. The summed E-state index contributed by atoms with van der Waals surface area (Å²) in [5.41, 5.74) is 1.49. The molecule has 2 aliphatic carbocycles. The van der Waals surface area contributed by atoms with Gasteiger partial charge in [-0.05, 0) is 55.7 Å². The third-order valence-corrected chi connectivity index (χ3v) is 4.87. The van der Waals surface area contributed by atoms with Gasteiger partial charge < -0.3 is 4.74 Å². The van der Waals surface area contributed by atoms with Crippen molar-refractivity contribution in [1.29, 1.82) is 0 Å². The molecule has 0 aliphatic heterocycles. The molecule has 2 aliphatic rings. The third kappa shape index (κ3) is 3.28. The molecule has 0 aromatic heterocycles. The van der Waals surface area contributed by atoms with Gasteiger partial charge in [-0.1, -0.05) is 40.9 Å². The van der Waals surface area contributed by atoms with Crippen LogP contribution in [0.3, 0.4) is 0 Å². The van der Waals surface area contributed by atoms with Crippen molar-refractivity contribution < 1.29 is 4.74 Å². The zero-order chi connectivity index (χ0) is 12.4. The van der Waals surface area contributed by atoms with Crippen molar-refractivity contribution >= 4 is 15.9 Å². The Kier molecular flexibility index (Phi) is 3.93. The highest BCUT2D eigenvalue weighted by Gasteiger charge is 2.24. The van der Waals surface area contributed by atoms with E-state index in [1.54, 1.807) is 0 Å². The van der Waals surface area contributed by atoms with Crippen LogP contribution in [0.15, 0.2) is 24.3 Å². The first-order valence-electron chi connectivity index (χ1n) is 7.22. The van der Waals surface area contributed by atoms with E-state index in [4.69, 9.17) is 4.74 Å². The van der Waals surface area contributed by atoms with Crippen LogP contribution in [0, 0.1) is 0 Å². The minimum atomic E-state index is 0.501. The number of halogens is 1. The van der Waals surface area contributed by atoms with Crippen molar-refractivity contribution in [2.45, 2.75) is 61.8 Å². The first kappa shape index (κ1) is 12.5. The second-order valence-corrected chi connectivity index (χ2v) is 7.00. The van der Waals surface area contributed by atoms with E-state index in [0.717, 1.165) is 11.7 Å². The Labute approximate surface area is 118 Å². The summed E-state index contributed by atoms with van der Waals surface area (Å²) in [7, 11) is 0. The van der Waals surface area contributed by atoms with Crippen molar-refractivity contribution in [2.75, 3.05) is 0 Å². The molecule has 1 aromatic rings. The fourth-order valence-corrected chi connectivity index (χ4v) is 3.58. The van der Waals surface area contributed by atoms with Crippen LogP contribution in [0.4, 0.5) is 0 Å². The van der Waals surface area contributed by atoms with Crippen LogP contribution in [0.25, 0.3) is 0 Å². The van der Waals surface area contributed by atoms with Crippen LogP contribution in [-0.4, -0.2) is 10.9 Å². The molecular formula is C16H21BrO. The second-order valence-electron chi connectivity index (χ2n) is 5.70. The summed E-state index contributed by atoms with van der Waals surface area (Å²) in [6, 6.07) is 8.85. The molecule has 0 heterocycles. The standard InChI is InChI=1S/C16H21BrO/c17-14-4-2-1-3-13(11-14)12-5-7-15(8-6-12)18-16-9-10-16/h5-8,13-14,16H,1-4,9-11H2. The van der Waals surface area contributed by atoms with Crippen LogP contribution < -0.4 is 4.74 Å². The Morgan fingerprint density at radius 3 is 2.39 bits per heavy atom. The molecule has 0 radical (unpaired) electrons. The molecule has 2 unspecified atom stereocenters. The number of hydrogen-bond donors (Lipinski definition) is 0. The molecule has 0 spiro atoms. The molecule has 0 N–H and O–H groups in total. The van der Waals surface area contributed by atoms with Gasteiger partial charge in [0.25, 0.3) is 0 Å². The summed E-state index contributed by atoms with van der Waals surface area (Å²) < 4.78 is 5.80. The number of alkyl halides is 1. The minimum Gasteiger partial charge on any atom is -0.490 e. The molecule has 1 nitrogen and oxygen atoms in total. The summed E-state index contributed by atoms with van der Waals surface area (Å²) >= 11 is 3.81. The van der Waals surface area contributed by atoms with Gasteiger partial charge in [-0.15, -0.1) is 0 Å². The summed E-state index contributed by atoms with van der Waals surface area (Å²) in [5, 5.41) is 0. The van der Waals surface area contributed by atoms with Crippen LogP contribution in [0.2, 0.25) is 0 Å². The Hall–Kier alpha value is -0.500. The fourth-order valence-electron chi connectivity index (χ4n) is 2.80. The van der Waals surface area contributed by atoms with Crippen LogP contribution >= 0.6 is 15.9 Å². The van der Waals surface area contributed by atoms with E-state index in [-0.39, 0.29) is 0 Å². The van der Waals surface area contributed by atoms with Crippen molar-refractivity contribution in [1.82, 2.24) is 0 Å². The lowest BCUT2D eigenvalue weighted by Gasteiger charge is -2.17. The Morgan fingerprint density at radius 2 is 1.67 bits per heavy atom. The van der Waals surface area contributed by atoms with E-state index in [0.29, 0.717) is 10.9 Å². The van der Waals surface area contributed by atoms with Gasteiger partial charge in [0.2, 0.25) is 0 Å². The molecule has 0 saturated heterocycles. The van der Waals surface area contributed by atoms with Gasteiger partial charge in [-0.25, -0.2) is 0 Å². The molecule has 18 heavy (non-hydrogen) atoms. The van der Waals surface area contributed by atoms with Crippen molar-refractivity contribution in [3.8, 4) is 5.75 Å². The quantitative estimate of drug-likeness (QED) is 0.561. The van der Waals surface area contributed by atoms with Crippen LogP contribution in [-0.2, 0) is 0 Å². The van der Waals surface area contributed by atoms with E-state index < -0.39 is 0 Å². The average Bonchev–Trinajstić information content (AvgIpc) is 3.18. The van der Waals surface area contributed by atoms with E-state index in [2.05, 4.69) is 40.2 Å². The number of benzene rings is 1. The molecule has 2 saturated carbocycles. The molecule has 0 amide bonds. The summed E-state index contributed by atoms with van der Waals surface area (Å²) in [5.74, 6) is 1.78. The zero-order valence-electron chi connectivity index (χ0n) is 10.8.